The van der Waals surface area contributed by atoms with Gasteiger partial charge in [0.25, 0.3) is 0 Å². The maximum atomic E-state index is 12.3. The van der Waals surface area contributed by atoms with E-state index in [-0.39, 0.29) is 17.5 Å². The Morgan fingerprint density at radius 3 is 2.71 bits per heavy atom. The minimum atomic E-state index is -1.07. The van der Waals surface area contributed by atoms with Crippen LogP contribution in [0.4, 0.5) is 10.5 Å². The molecule has 6 nitrogen and oxygen atoms in total. The molecule has 21 heavy (non-hydrogen) atoms. The van der Waals surface area contributed by atoms with Crippen molar-refractivity contribution in [1.29, 1.82) is 0 Å². The van der Waals surface area contributed by atoms with Crippen LogP contribution in [0, 0.1) is 12.8 Å². The van der Waals surface area contributed by atoms with Crippen LogP contribution in [0.1, 0.15) is 29.3 Å². The van der Waals surface area contributed by atoms with Crippen molar-refractivity contribution in [2.75, 3.05) is 18.4 Å². The Morgan fingerprint density at radius 1 is 1.43 bits per heavy atom. The van der Waals surface area contributed by atoms with Crippen molar-refractivity contribution >= 4 is 17.7 Å². The van der Waals surface area contributed by atoms with Gasteiger partial charge in [-0.3, -0.25) is 0 Å². The lowest BCUT2D eigenvalue weighted by Crippen LogP contribution is -2.34. The third kappa shape index (κ3) is 3.33. The van der Waals surface area contributed by atoms with Crippen LogP contribution in [-0.2, 0) is 0 Å². The highest BCUT2D eigenvalue weighted by atomic mass is 16.4. The molecule has 0 saturated carbocycles. The number of benzene rings is 1. The van der Waals surface area contributed by atoms with Gasteiger partial charge in [0.2, 0.25) is 0 Å². The number of nitrogens with one attached hydrogen (secondary N) is 1. The van der Waals surface area contributed by atoms with Crippen molar-refractivity contribution in [1.82, 2.24) is 4.90 Å². The number of aliphatic hydroxyl groups excluding tert-OH is 1. The first kappa shape index (κ1) is 15.3. The smallest absolute Gasteiger partial charge is 0.337 e. The second-order valence-electron chi connectivity index (χ2n) is 5.47. The lowest BCUT2D eigenvalue weighted by molar-refractivity contribution is 0.0698. The van der Waals surface area contributed by atoms with Gasteiger partial charge in [-0.25, -0.2) is 9.59 Å². The maximum absolute atomic E-state index is 12.3. The zero-order valence-corrected chi connectivity index (χ0v) is 12.2. The van der Waals surface area contributed by atoms with Gasteiger partial charge in [-0.2, -0.15) is 0 Å². The van der Waals surface area contributed by atoms with Crippen LogP contribution < -0.4 is 5.32 Å². The summed E-state index contributed by atoms with van der Waals surface area (Å²) in [6.45, 7) is 4.52. The van der Waals surface area contributed by atoms with E-state index in [1.165, 1.54) is 6.07 Å². The van der Waals surface area contributed by atoms with E-state index < -0.39 is 12.1 Å². The van der Waals surface area contributed by atoms with E-state index in [9.17, 15) is 19.8 Å². The first-order valence-electron chi connectivity index (χ1n) is 6.97. The summed E-state index contributed by atoms with van der Waals surface area (Å²) >= 11 is 0. The standard InChI is InChI=1S/C15H20N2O4/c1-9-4-3-5-12(14(19)20)13(9)16-15(21)17-7-6-11(8-17)10(2)18/h3-5,10-11,18H,6-8H2,1-2H3,(H,16,21)(H,19,20). The van der Waals surface area contributed by atoms with Gasteiger partial charge in [-0.1, -0.05) is 12.1 Å². The van der Waals surface area contributed by atoms with Crippen LogP contribution in [0.3, 0.4) is 0 Å². The number of likely N-dealkylation sites (tertiary alicyclic amines) is 1. The predicted octanol–water partition coefficient (Wildman–Crippen LogP) is 1.93. The molecule has 1 aliphatic rings. The molecule has 3 N–H and O–H groups in total. The number of rotatable bonds is 3. The average molecular weight is 292 g/mol. The number of aryl methyl sites for hydroxylation is 1. The van der Waals surface area contributed by atoms with Crippen LogP contribution >= 0.6 is 0 Å². The molecule has 1 aromatic rings. The molecule has 1 fully saturated rings. The largest absolute Gasteiger partial charge is 0.478 e. The number of amides is 2. The third-order valence-electron chi connectivity index (χ3n) is 3.93. The summed E-state index contributed by atoms with van der Waals surface area (Å²) in [5.74, 6) is -0.996. The molecule has 2 unspecified atom stereocenters. The number of anilines is 1. The third-order valence-corrected chi connectivity index (χ3v) is 3.93. The fourth-order valence-electron chi connectivity index (χ4n) is 2.56. The SMILES string of the molecule is Cc1cccc(C(=O)O)c1NC(=O)N1CCC(C(C)O)C1. The van der Waals surface area contributed by atoms with Gasteiger partial charge in [0.05, 0.1) is 17.4 Å². The Kier molecular flexibility index (Phi) is 4.47. The minimum Gasteiger partial charge on any atom is -0.478 e. The molecule has 0 bridgehead atoms. The van der Waals surface area contributed by atoms with Crippen LogP contribution in [0.5, 0.6) is 0 Å². The molecule has 1 saturated heterocycles. The zero-order chi connectivity index (χ0) is 15.6. The zero-order valence-electron chi connectivity index (χ0n) is 12.2. The highest BCUT2D eigenvalue weighted by molar-refractivity contribution is 6.01. The van der Waals surface area contributed by atoms with Crippen LogP contribution in [-0.4, -0.2) is 46.3 Å². The number of carboxylic acid groups (broad SMARTS) is 1. The summed E-state index contributed by atoms with van der Waals surface area (Å²) in [7, 11) is 0. The molecule has 114 valence electrons. The van der Waals surface area contributed by atoms with Gasteiger partial charge in [0, 0.05) is 19.0 Å². The van der Waals surface area contributed by atoms with Crippen LogP contribution in [0.25, 0.3) is 0 Å². The number of carbonyl (C=O) groups is 2. The molecule has 0 aliphatic carbocycles. The van der Waals surface area contributed by atoms with Crippen molar-refractivity contribution in [2.24, 2.45) is 5.92 Å². The van der Waals surface area contributed by atoms with Crippen molar-refractivity contribution in [3.05, 3.63) is 29.3 Å². The van der Waals surface area contributed by atoms with E-state index in [0.717, 1.165) is 6.42 Å². The minimum absolute atomic E-state index is 0.0755. The maximum Gasteiger partial charge on any atom is 0.337 e. The molecule has 6 heteroatoms. The van der Waals surface area contributed by atoms with E-state index in [4.69, 9.17) is 0 Å². The van der Waals surface area contributed by atoms with E-state index in [2.05, 4.69) is 5.32 Å². The highest BCUT2D eigenvalue weighted by Gasteiger charge is 2.29. The number of aliphatic hydroxyl groups is 1. The number of aromatic carboxylic acids is 1. The molecular weight excluding hydrogens is 272 g/mol. The summed E-state index contributed by atoms with van der Waals surface area (Å²) in [6, 6.07) is 4.54. The second-order valence-corrected chi connectivity index (χ2v) is 5.47. The summed E-state index contributed by atoms with van der Waals surface area (Å²) in [5, 5.41) is 21.4. The number of hydrogen-bond donors (Lipinski definition) is 3. The van der Waals surface area contributed by atoms with Crippen LogP contribution in [0.2, 0.25) is 0 Å². The predicted molar refractivity (Wildman–Crippen MR) is 78.5 cm³/mol. The normalized spacial score (nSPS) is 19.4. The quantitative estimate of drug-likeness (QED) is 0.794. The molecule has 2 atom stereocenters. The Hall–Kier alpha value is -2.08. The van der Waals surface area contributed by atoms with E-state index in [1.54, 1.807) is 30.9 Å². The van der Waals surface area contributed by atoms with Gasteiger partial charge in [0.15, 0.2) is 0 Å². The Labute approximate surface area is 123 Å². The molecule has 0 spiro atoms. The number of para-hydroxylation sites is 1. The van der Waals surface area contributed by atoms with Crippen molar-refractivity contribution in [2.45, 2.75) is 26.4 Å². The van der Waals surface area contributed by atoms with Crippen LogP contribution in [0.15, 0.2) is 18.2 Å². The van der Waals surface area contributed by atoms with Gasteiger partial charge in [0.1, 0.15) is 0 Å². The molecule has 1 aromatic carbocycles. The fourth-order valence-corrected chi connectivity index (χ4v) is 2.56. The van der Waals surface area contributed by atoms with E-state index in [0.29, 0.717) is 24.3 Å². The monoisotopic (exact) mass is 292 g/mol. The number of hydrogen-bond acceptors (Lipinski definition) is 3. The summed E-state index contributed by atoms with van der Waals surface area (Å²) in [4.78, 5) is 25.1. The van der Waals surface area contributed by atoms with Crippen molar-refractivity contribution < 1.29 is 19.8 Å². The van der Waals surface area contributed by atoms with Gasteiger partial charge in [-0.05, 0) is 31.9 Å². The molecular formula is C15H20N2O4. The van der Waals surface area contributed by atoms with Crippen molar-refractivity contribution in [3.63, 3.8) is 0 Å². The topological polar surface area (TPSA) is 89.9 Å². The van der Waals surface area contributed by atoms with E-state index >= 15 is 0 Å². The first-order chi connectivity index (χ1) is 9.90. The lowest BCUT2D eigenvalue weighted by Gasteiger charge is -2.20. The number of carbonyl (C=O) groups excluding carboxylic acids is 1. The second kappa shape index (κ2) is 6.13. The Bertz CT molecular complexity index is 557. The molecule has 1 heterocycles. The molecule has 0 aromatic heterocycles. The summed E-state index contributed by atoms with van der Waals surface area (Å²) in [5.41, 5.74) is 1.11. The number of urea groups is 1. The van der Waals surface area contributed by atoms with Crippen molar-refractivity contribution in [3.8, 4) is 0 Å². The van der Waals surface area contributed by atoms with Gasteiger partial charge in [-0.15, -0.1) is 0 Å². The Balaban J connectivity index is 2.12. The molecule has 2 amide bonds. The first-order valence-corrected chi connectivity index (χ1v) is 6.97. The molecule has 2 rings (SSSR count). The number of nitrogens with zero attached hydrogens (tertiary/aromatic N) is 1. The summed E-state index contributed by atoms with van der Waals surface area (Å²) in [6.07, 6.45) is 0.306. The highest BCUT2D eigenvalue weighted by Crippen LogP contribution is 2.24. The fraction of sp³-hybridized carbons (Fsp3) is 0.467. The summed E-state index contributed by atoms with van der Waals surface area (Å²) < 4.78 is 0. The average Bonchev–Trinajstić information content (AvgIpc) is 2.90. The van der Waals surface area contributed by atoms with E-state index in [1.807, 2.05) is 0 Å². The molecule has 0 radical (unpaired) electrons. The van der Waals surface area contributed by atoms with Gasteiger partial charge >= 0.3 is 12.0 Å². The van der Waals surface area contributed by atoms with Gasteiger partial charge < -0.3 is 20.4 Å². The lowest BCUT2D eigenvalue weighted by atomic mass is 10.0. The molecule has 1 aliphatic heterocycles. The number of carboxylic acids is 1. The Morgan fingerprint density at radius 2 is 2.14 bits per heavy atom.